The lowest BCUT2D eigenvalue weighted by Gasteiger charge is -2.39. The maximum Gasteiger partial charge on any atom is 0.128 e. The van der Waals surface area contributed by atoms with Gasteiger partial charge in [-0.15, -0.1) is 0 Å². The first-order chi connectivity index (χ1) is 8.06. The van der Waals surface area contributed by atoms with Gasteiger partial charge in [0.1, 0.15) is 5.75 Å². The molecular weight excluding hydrogens is 212 g/mol. The van der Waals surface area contributed by atoms with Crippen LogP contribution in [-0.4, -0.2) is 17.6 Å². The third-order valence-corrected chi connectivity index (χ3v) is 3.89. The van der Waals surface area contributed by atoms with E-state index in [-0.39, 0.29) is 0 Å². The van der Waals surface area contributed by atoms with Crippen molar-refractivity contribution < 1.29 is 4.74 Å². The van der Waals surface area contributed by atoms with Gasteiger partial charge >= 0.3 is 0 Å². The molecule has 1 aliphatic rings. The van der Waals surface area contributed by atoms with Gasteiger partial charge in [0.2, 0.25) is 0 Å². The van der Waals surface area contributed by atoms with E-state index in [4.69, 9.17) is 4.74 Å². The summed E-state index contributed by atoms with van der Waals surface area (Å²) in [5, 5.41) is 3.61. The SMILES string of the molecule is COc1c(C)cnc(CNC2(C)CCC2)c1C. The van der Waals surface area contributed by atoms with Gasteiger partial charge in [0, 0.05) is 29.4 Å². The lowest BCUT2D eigenvalue weighted by molar-refractivity contribution is 0.206. The van der Waals surface area contributed by atoms with Crippen LogP contribution in [0.4, 0.5) is 0 Å². The van der Waals surface area contributed by atoms with Crippen molar-refractivity contribution in [2.24, 2.45) is 0 Å². The zero-order valence-corrected chi connectivity index (χ0v) is 11.3. The van der Waals surface area contributed by atoms with Gasteiger partial charge in [-0.05, 0) is 40.0 Å². The van der Waals surface area contributed by atoms with Gasteiger partial charge in [0.05, 0.1) is 12.8 Å². The quantitative estimate of drug-likeness (QED) is 0.869. The first-order valence-electron chi connectivity index (χ1n) is 6.30. The summed E-state index contributed by atoms with van der Waals surface area (Å²) in [6.45, 7) is 7.23. The molecule has 1 heterocycles. The summed E-state index contributed by atoms with van der Waals surface area (Å²) >= 11 is 0. The molecule has 0 amide bonds. The first-order valence-corrected chi connectivity index (χ1v) is 6.30. The molecule has 3 heteroatoms. The number of aromatic nitrogens is 1. The van der Waals surface area contributed by atoms with Crippen LogP contribution in [0, 0.1) is 13.8 Å². The van der Waals surface area contributed by atoms with Crippen molar-refractivity contribution in [3.05, 3.63) is 23.0 Å². The summed E-state index contributed by atoms with van der Waals surface area (Å²) < 4.78 is 5.42. The molecule has 17 heavy (non-hydrogen) atoms. The van der Waals surface area contributed by atoms with Crippen LogP contribution in [0.15, 0.2) is 6.20 Å². The van der Waals surface area contributed by atoms with E-state index in [9.17, 15) is 0 Å². The highest BCUT2D eigenvalue weighted by Crippen LogP contribution is 2.31. The molecule has 1 N–H and O–H groups in total. The normalized spacial score (nSPS) is 17.6. The maximum atomic E-state index is 5.42. The average molecular weight is 234 g/mol. The van der Waals surface area contributed by atoms with Gasteiger partial charge < -0.3 is 10.1 Å². The Labute approximate surface area is 104 Å². The fourth-order valence-electron chi connectivity index (χ4n) is 2.43. The highest BCUT2D eigenvalue weighted by Gasteiger charge is 2.31. The molecule has 0 saturated heterocycles. The zero-order valence-electron chi connectivity index (χ0n) is 11.3. The Bertz CT molecular complexity index is 411. The Kier molecular flexibility index (Phi) is 3.38. The van der Waals surface area contributed by atoms with Crippen LogP contribution in [0.2, 0.25) is 0 Å². The molecular formula is C14H22N2O. The van der Waals surface area contributed by atoms with Crippen molar-refractivity contribution >= 4 is 0 Å². The van der Waals surface area contributed by atoms with Crippen molar-refractivity contribution in [1.29, 1.82) is 0 Å². The van der Waals surface area contributed by atoms with E-state index < -0.39 is 0 Å². The van der Waals surface area contributed by atoms with Crippen LogP contribution in [0.5, 0.6) is 5.75 Å². The molecule has 0 atom stereocenters. The van der Waals surface area contributed by atoms with Crippen LogP contribution >= 0.6 is 0 Å². The summed E-state index contributed by atoms with van der Waals surface area (Å²) in [4.78, 5) is 4.51. The van der Waals surface area contributed by atoms with Gasteiger partial charge in [0.25, 0.3) is 0 Å². The smallest absolute Gasteiger partial charge is 0.128 e. The zero-order chi connectivity index (χ0) is 12.5. The summed E-state index contributed by atoms with van der Waals surface area (Å²) in [5.74, 6) is 0.968. The Morgan fingerprint density at radius 1 is 1.41 bits per heavy atom. The molecule has 3 nitrogen and oxygen atoms in total. The number of nitrogens with one attached hydrogen (secondary N) is 1. The fraction of sp³-hybridized carbons (Fsp3) is 0.643. The molecule has 0 spiro atoms. The lowest BCUT2D eigenvalue weighted by atomic mass is 9.78. The second-order valence-electron chi connectivity index (χ2n) is 5.31. The van der Waals surface area contributed by atoms with Gasteiger partial charge in [0.15, 0.2) is 0 Å². The van der Waals surface area contributed by atoms with Crippen molar-refractivity contribution in [3.8, 4) is 5.75 Å². The van der Waals surface area contributed by atoms with E-state index in [0.717, 1.165) is 29.1 Å². The highest BCUT2D eigenvalue weighted by atomic mass is 16.5. The minimum Gasteiger partial charge on any atom is -0.496 e. The Morgan fingerprint density at radius 2 is 2.12 bits per heavy atom. The summed E-state index contributed by atoms with van der Waals surface area (Å²) in [5.41, 5.74) is 3.68. The van der Waals surface area contributed by atoms with Crippen molar-refractivity contribution in [2.45, 2.75) is 52.1 Å². The largest absolute Gasteiger partial charge is 0.496 e. The van der Waals surface area contributed by atoms with E-state index in [1.807, 2.05) is 13.1 Å². The number of hydrogen-bond donors (Lipinski definition) is 1. The number of rotatable bonds is 4. The second-order valence-corrected chi connectivity index (χ2v) is 5.31. The second kappa shape index (κ2) is 4.65. The molecule has 94 valence electrons. The van der Waals surface area contributed by atoms with Gasteiger partial charge in [-0.25, -0.2) is 0 Å². The topological polar surface area (TPSA) is 34.1 Å². The molecule has 0 aromatic carbocycles. The molecule has 0 unspecified atom stereocenters. The van der Waals surface area contributed by atoms with E-state index >= 15 is 0 Å². The number of ether oxygens (including phenoxy) is 1. The lowest BCUT2D eigenvalue weighted by Crippen LogP contribution is -2.47. The van der Waals surface area contributed by atoms with Crippen molar-refractivity contribution in [2.75, 3.05) is 7.11 Å². The van der Waals surface area contributed by atoms with E-state index in [1.165, 1.54) is 19.3 Å². The van der Waals surface area contributed by atoms with E-state index in [2.05, 4.69) is 24.1 Å². The van der Waals surface area contributed by atoms with E-state index in [1.54, 1.807) is 7.11 Å². The minimum absolute atomic E-state index is 0.326. The molecule has 1 saturated carbocycles. The summed E-state index contributed by atoms with van der Waals surface area (Å²) in [7, 11) is 1.72. The molecule has 2 rings (SSSR count). The minimum atomic E-state index is 0.326. The predicted octanol–water partition coefficient (Wildman–Crippen LogP) is 2.74. The molecule has 1 fully saturated rings. The highest BCUT2D eigenvalue weighted by molar-refractivity contribution is 5.41. The van der Waals surface area contributed by atoms with Crippen molar-refractivity contribution in [1.82, 2.24) is 10.3 Å². The van der Waals surface area contributed by atoms with Crippen LogP contribution in [0.3, 0.4) is 0 Å². The number of pyridine rings is 1. The monoisotopic (exact) mass is 234 g/mol. The third kappa shape index (κ3) is 2.44. The van der Waals surface area contributed by atoms with Crippen LogP contribution in [0.25, 0.3) is 0 Å². The Morgan fingerprint density at radius 3 is 2.65 bits per heavy atom. The summed E-state index contributed by atoms with van der Waals surface area (Å²) in [6, 6.07) is 0. The van der Waals surface area contributed by atoms with Gasteiger partial charge in [-0.3, -0.25) is 4.98 Å². The first kappa shape index (κ1) is 12.4. The number of nitrogens with zero attached hydrogens (tertiary/aromatic N) is 1. The maximum absolute atomic E-state index is 5.42. The van der Waals surface area contributed by atoms with Gasteiger partial charge in [-0.2, -0.15) is 0 Å². The molecule has 1 aromatic heterocycles. The number of aryl methyl sites for hydroxylation is 1. The number of methoxy groups -OCH3 is 1. The van der Waals surface area contributed by atoms with Crippen LogP contribution in [0.1, 0.15) is 43.0 Å². The molecule has 1 aromatic rings. The average Bonchev–Trinajstić information content (AvgIpc) is 2.26. The third-order valence-electron chi connectivity index (χ3n) is 3.89. The Balaban J connectivity index is 2.10. The molecule has 1 aliphatic carbocycles. The molecule has 0 aliphatic heterocycles. The van der Waals surface area contributed by atoms with Crippen LogP contribution in [-0.2, 0) is 6.54 Å². The Hall–Kier alpha value is -1.09. The fourth-order valence-corrected chi connectivity index (χ4v) is 2.43. The molecule has 0 bridgehead atoms. The van der Waals surface area contributed by atoms with Gasteiger partial charge in [-0.1, -0.05) is 0 Å². The standard InChI is InChI=1S/C14H22N2O/c1-10-8-15-12(11(2)13(10)17-4)9-16-14(3)6-5-7-14/h8,16H,5-7,9H2,1-4H3. The van der Waals surface area contributed by atoms with E-state index in [0.29, 0.717) is 5.54 Å². The predicted molar refractivity (Wildman–Crippen MR) is 69.4 cm³/mol. The molecule has 0 radical (unpaired) electrons. The van der Waals surface area contributed by atoms with Crippen LogP contribution < -0.4 is 10.1 Å². The number of hydrogen-bond acceptors (Lipinski definition) is 3. The van der Waals surface area contributed by atoms with Crippen molar-refractivity contribution in [3.63, 3.8) is 0 Å². The summed E-state index contributed by atoms with van der Waals surface area (Å²) in [6.07, 6.45) is 5.78.